The zero-order valence-corrected chi connectivity index (χ0v) is 13.5. The lowest BCUT2D eigenvalue weighted by Crippen LogP contribution is -2.16. The topological polar surface area (TPSA) is 37.8 Å². The maximum atomic E-state index is 6.02. The van der Waals surface area contributed by atoms with Crippen LogP contribution in [0.25, 0.3) is 11.4 Å². The Morgan fingerprint density at radius 1 is 1.30 bits per heavy atom. The molecule has 0 unspecified atom stereocenters. The van der Waals surface area contributed by atoms with Crippen molar-refractivity contribution in [1.29, 1.82) is 0 Å². The van der Waals surface area contributed by atoms with Crippen LogP contribution >= 0.6 is 27.5 Å². The molecule has 0 radical (unpaired) electrons. The smallest absolute Gasteiger partial charge is 0.159 e. The van der Waals surface area contributed by atoms with Gasteiger partial charge in [0, 0.05) is 28.3 Å². The van der Waals surface area contributed by atoms with Gasteiger partial charge in [0.1, 0.15) is 0 Å². The summed E-state index contributed by atoms with van der Waals surface area (Å²) in [5.41, 5.74) is 2.98. The summed E-state index contributed by atoms with van der Waals surface area (Å²) < 4.78 is 0.861. The number of rotatable bonds is 4. The third-order valence-electron chi connectivity index (χ3n) is 3.23. The summed E-state index contributed by atoms with van der Waals surface area (Å²) in [6, 6.07) is 8.46. The number of nitrogens with zero attached hydrogens (tertiary/aromatic N) is 2. The highest BCUT2D eigenvalue weighted by molar-refractivity contribution is 9.10. The van der Waals surface area contributed by atoms with Crippen molar-refractivity contribution in [2.45, 2.75) is 32.4 Å². The second-order valence-corrected chi connectivity index (χ2v) is 6.37. The predicted octanol–water partition coefficient (Wildman–Crippen LogP) is 4.12. The van der Waals surface area contributed by atoms with Gasteiger partial charge in [-0.3, -0.25) is 0 Å². The van der Waals surface area contributed by atoms with Crippen LogP contribution in [0.2, 0.25) is 5.02 Å². The van der Waals surface area contributed by atoms with E-state index in [9.17, 15) is 0 Å². The minimum absolute atomic E-state index is 0.679. The molecule has 2 aromatic rings. The molecule has 1 saturated carbocycles. The molecule has 0 spiro atoms. The number of halogens is 2. The molecule has 1 fully saturated rings. The monoisotopic (exact) mass is 351 g/mol. The van der Waals surface area contributed by atoms with Gasteiger partial charge in [-0.05, 0) is 60.0 Å². The van der Waals surface area contributed by atoms with Crippen LogP contribution in [0.4, 0.5) is 0 Å². The zero-order valence-electron chi connectivity index (χ0n) is 11.2. The van der Waals surface area contributed by atoms with Crippen LogP contribution in [0.1, 0.15) is 24.2 Å². The van der Waals surface area contributed by atoms with Crippen LogP contribution < -0.4 is 5.32 Å². The average Bonchev–Trinajstić information content (AvgIpc) is 3.23. The summed E-state index contributed by atoms with van der Waals surface area (Å²) in [4.78, 5) is 9.15. The molecule has 1 aromatic carbocycles. The first-order valence-corrected chi connectivity index (χ1v) is 7.82. The van der Waals surface area contributed by atoms with Crippen LogP contribution in [0.5, 0.6) is 0 Å². The van der Waals surface area contributed by atoms with Crippen molar-refractivity contribution in [3.8, 4) is 11.4 Å². The number of benzene rings is 1. The molecule has 0 atom stereocenters. The molecule has 0 aliphatic heterocycles. The maximum absolute atomic E-state index is 6.02. The van der Waals surface area contributed by atoms with Crippen molar-refractivity contribution in [2.24, 2.45) is 0 Å². The quantitative estimate of drug-likeness (QED) is 0.899. The first-order valence-electron chi connectivity index (χ1n) is 6.65. The molecule has 20 heavy (non-hydrogen) atoms. The molecule has 0 amide bonds. The van der Waals surface area contributed by atoms with Crippen LogP contribution in [0.15, 0.2) is 28.7 Å². The highest BCUT2D eigenvalue weighted by atomic mass is 79.9. The third-order valence-corrected chi connectivity index (χ3v) is 4.45. The van der Waals surface area contributed by atoms with Crippen molar-refractivity contribution in [1.82, 2.24) is 15.3 Å². The van der Waals surface area contributed by atoms with E-state index in [4.69, 9.17) is 11.6 Å². The van der Waals surface area contributed by atoms with Crippen LogP contribution in [-0.2, 0) is 6.54 Å². The summed E-state index contributed by atoms with van der Waals surface area (Å²) in [5.74, 6) is 0.745. The van der Waals surface area contributed by atoms with Gasteiger partial charge < -0.3 is 5.32 Å². The van der Waals surface area contributed by atoms with Gasteiger partial charge in [-0.25, -0.2) is 9.97 Å². The molecule has 3 nitrogen and oxygen atoms in total. The van der Waals surface area contributed by atoms with Gasteiger partial charge in [-0.1, -0.05) is 11.6 Å². The summed E-state index contributed by atoms with van der Waals surface area (Å²) in [5, 5.41) is 4.17. The second kappa shape index (κ2) is 5.80. The van der Waals surface area contributed by atoms with Crippen molar-refractivity contribution < 1.29 is 0 Å². The number of nitrogens with one attached hydrogen (secondary N) is 1. The first-order chi connectivity index (χ1) is 9.61. The maximum Gasteiger partial charge on any atom is 0.159 e. The van der Waals surface area contributed by atoms with Gasteiger partial charge in [0.15, 0.2) is 5.82 Å². The molecule has 1 aliphatic carbocycles. The van der Waals surface area contributed by atoms with Crippen LogP contribution in [-0.4, -0.2) is 16.0 Å². The Labute approximate surface area is 131 Å². The molecule has 1 aromatic heterocycles. The fourth-order valence-electron chi connectivity index (χ4n) is 2.02. The van der Waals surface area contributed by atoms with E-state index in [-0.39, 0.29) is 0 Å². The highest BCUT2D eigenvalue weighted by Crippen LogP contribution is 2.27. The van der Waals surface area contributed by atoms with E-state index >= 15 is 0 Å². The predicted molar refractivity (Wildman–Crippen MR) is 84.8 cm³/mol. The Morgan fingerprint density at radius 2 is 2.10 bits per heavy atom. The number of aryl methyl sites for hydroxylation is 1. The van der Waals surface area contributed by atoms with E-state index in [0.29, 0.717) is 11.1 Å². The molecular weight excluding hydrogens is 338 g/mol. The molecule has 1 N–H and O–H groups in total. The van der Waals surface area contributed by atoms with E-state index < -0.39 is 0 Å². The van der Waals surface area contributed by atoms with E-state index in [2.05, 4.69) is 31.2 Å². The van der Waals surface area contributed by atoms with Gasteiger partial charge in [-0.15, -0.1) is 0 Å². The van der Waals surface area contributed by atoms with Gasteiger partial charge in [0.05, 0.1) is 10.7 Å². The summed E-state index contributed by atoms with van der Waals surface area (Å²) >= 11 is 9.46. The van der Waals surface area contributed by atoms with Crippen molar-refractivity contribution in [2.75, 3.05) is 0 Å². The summed E-state index contributed by atoms with van der Waals surface area (Å²) in [6.07, 6.45) is 2.56. The zero-order chi connectivity index (χ0) is 14.1. The molecule has 1 aliphatic rings. The van der Waals surface area contributed by atoms with E-state index in [0.717, 1.165) is 33.8 Å². The minimum atomic E-state index is 0.679. The lowest BCUT2D eigenvalue weighted by atomic mass is 10.2. The average molecular weight is 353 g/mol. The highest BCUT2D eigenvalue weighted by Gasteiger charge is 2.20. The molecule has 1 heterocycles. The second-order valence-electron chi connectivity index (χ2n) is 5.11. The Bertz CT molecular complexity index is 641. The lowest BCUT2D eigenvalue weighted by molar-refractivity contribution is 0.672. The summed E-state index contributed by atoms with van der Waals surface area (Å²) in [7, 11) is 0. The molecular formula is C15H15BrClN3. The Morgan fingerprint density at radius 3 is 2.80 bits per heavy atom. The van der Waals surface area contributed by atoms with Crippen molar-refractivity contribution in [3.63, 3.8) is 0 Å². The van der Waals surface area contributed by atoms with E-state index in [1.165, 1.54) is 12.8 Å². The number of aromatic nitrogens is 2. The molecule has 0 saturated heterocycles. The summed E-state index contributed by atoms with van der Waals surface area (Å²) in [6.45, 7) is 2.80. The fourth-order valence-corrected chi connectivity index (χ4v) is 2.52. The number of hydrogen-bond donors (Lipinski definition) is 1. The fraction of sp³-hybridized carbons (Fsp3) is 0.333. The molecule has 3 rings (SSSR count). The van der Waals surface area contributed by atoms with Gasteiger partial charge >= 0.3 is 0 Å². The van der Waals surface area contributed by atoms with E-state index in [1.807, 2.05) is 31.2 Å². The minimum Gasteiger partial charge on any atom is -0.308 e. The number of hydrogen-bond acceptors (Lipinski definition) is 3. The van der Waals surface area contributed by atoms with Crippen molar-refractivity contribution >= 4 is 27.5 Å². The molecule has 0 bridgehead atoms. The normalized spacial score (nSPS) is 14.6. The Balaban J connectivity index is 1.88. The Kier molecular flexibility index (Phi) is 4.06. The van der Waals surface area contributed by atoms with Gasteiger partial charge in [0.2, 0.25) is 0 Å². The van der Waals surface area contributed by atoms with Crippen LogP contribution in [0, 0.1) is 6.92 Å². The van der Waals surface area contributed by atoms with E-state index in [1.54, 1.807) is 0 Å². The van der Waals surface area contributed by atoms with Crippen molar-refractivity contribution in [3.05, 3.63) is 45.1 Å². The van der Waals surface area contributed by atoms with Gasteiger partial charge in [0.25, 0.3) is 0 Å². The van der Waals surface area contributed by atoms with Crippen LogP contribution in [0.3, 0.4) is 0 Å². The van der Waals surface area contributed by atoms with Gasteiger partial charge in [-0.2, -0.15) is 0 Å². The SMILES string of the molecule is Cc1cc(CNC2CC2)nc(-c2ccc(Cl)c(Br)c2)n1. The lowest BCUT2D eigenvalue weighted by Gasteiger charge is -2.08. The Hall–Kier alpha value is -0.970. The largest absolute Gasteiger partial charge is 0.308 e. The third kappa shape index (κ3) is 3.37. The molecule has 104 valence electrons. The standard InChI is InChI=1S/C15H15BrClN3/c1-9-6-12(8-18-11-3-4-11)20-15(19-9)10-2-5-14(17)13(16)7-10/h2,5-7,11,18H,3-4,8H2,1H3. The first kappa shape index (κ1) is 14.0. The molecule has 5 heteroatoms.